The van der Waals surface area contributed by atoms with Crippen molar-refractivity contribution in [3.05, 3.63) is 39.9 Å². The minimum Gasteiger partial charge on any atom is -0.481 e. The van der Waals surface area contributed by atoms with Crippen LogP contribution < -0.4 is 5.32 Å². The largest absolute Gasteiger partial charge is 0.481 e. The molecule has 3 N–H and O–H groups in total. The third kappa shape index (κ3) is 4.36. The van der Waals surface area contributed by atoms with Crippen LogP contribution in [0, 0.1) is 10.1 Å². The zero-order valence-electron chi connectivity index (χ0n) is 9.78. The number of aliphatic carboxylic acids is 2. The zero-order valence-corrected chi connectivity index (χ0v) is 9.78. The molecule has 19 heavy (non-hydrogen) atoms. The molecule has 0 radical (unpaired) electrons. The second kappa shape index (κ2) is 6.45. The predicted octanol–water partition coefficient (Wildman–Crippen LogP) is 0.612. The first-order valence-corrected chi connectivity index (χ1v) is 5.32. The van der Waals surface area contributed by atoms with Gasteiger partial charge in [-0.05, 0) is 0 Å². The van der Waals surface area contributed by atoms with Crippen molar-refractivity contribution in [2.45, 2.75) is 19.0 Å². The third-order valence-electron chi connectivity index (χ3n) is 2.40. The molecular weight excluding hydrogens is 256 g/mol. The van der Waals surface area contributed by atoms with Crippen LogP contribution in [-0.2, 0) is 16.1 Å². The first-order valence-electron chi connectivity index (χ1n) is 5.32. The molecule has 0 spiro atoms. The molecule has 0 aromatic heterocycles. The van der Waals surface area contributed by atoms with Crippen molar-refractivity contribution in [2.75, 3.05) is 0 Å². The van der Waals surface area contributed by atoms with Gasteiger partial charge in [0, 0.05) is 18.2 Å². The van der Waals surface area contributed by atoms with Crippen LogP contribution in [-0.4, -0.2) is 33.1 Å². The average Bonchev–Trinajstić information content (AvgIpc) is 2.34. The van der Waals surface area contributed by atoms with E-state index in [0.717, 1.165) is 0 Å². The molecule has 0 saturated carbocycles. The SMILES string of the molecule is O=C(O)CC(NCc1ccccc1[N+](=O)[O-])C(=O)O. The molecule has 102 valence electrons. The quantitative estimate of drug-likeness (QED) is 0.488. The molecule has 0 aliphatic rings. The summed E-state index contributed by atoms with van der Waals surface area (Å²) in [6.45, 7) is -0.0958. The number of para-hydroxylation sites is 1. The van der Waals surface area contributed by atoms with E-state index >= 15 is 0 Å². The second-order valence-corrected chi connectivity index (χ2v) is 3.76. The highest BCUT2D eigenvalue weighted by Gasteiger charge is 2.21. The maximum atomic E-state index is 10.8. The Morgan fingerprint density at radius 1 is 1.32 bits per heavy atom. The first-order chi connectivity index (χ1) is 8.91. The summed E-state index contributed by atoms with van der Waals surface area (Å²) >= 11 is 0. The van der Waals surface area contributed by atoms with Gasteiger partial charge >= 0.3 is 11.9 Å². The van der Waals surface area contributed by atoms with Gasteiger partial charge in [0.25, 0.3) is 5.69 Å². The Bertz CT molecular complexity index is 502. The van der Waals surface area contributed by atoms with Crippen LogP contribution in [0.4, 0.5) is 5.69 Å². The molecule has 1 aromatic carbocycles. The van der Waals surface area contributed by atoms with Gasteiger partial charge in [-0.25, -0.2) is 0 Å². The minimum absolute atomic E-state index is 0.0958. The molecule has 8 nitrogen and oxygen atoms in total. The Balaban J connectivity index is 2.77. The lowest BCUT2D eigenvalue weighted by atomic mass is 10.1. The number of carboxylic acids is 2. The lowest BCUT2D eigenvalue weighted by Gasteiger charge is -2.12. The van der Waals surface area contributed by atoms with Crippen molar-refractivity contribution in [1.29, 1.82) is 0 Å². The van der Waals surface area contributed by atoms with Crippen molar-refractivity contribution < 1.29 is 24.7 Å². The molecule has 0 fully saturated rings. The number of benzene rings is 1. The molecular formula is C11H12N2O6. The summed E-state index contributed by atoms with van der Waals surface area (Å²) in [5.41, 5.74) is 0.151. The van der Waals surface area contributed by atoms with Gasteiger partial charge in [-0.15, -0.1) is 0 Å². The Hall–Kier alpha value is -2.48. The van der Waals surface area contributed by atoms with Crippen LogP contribution in [0.15, 0.2) is 24.3 Å². The number of nitro benzene ring substituents is 1. The normalized spacial score (nSPS) is 11.8. The Morgan fingerprint density at radius 3 is 2.47 bits per heavy atom. The fraction of sp³-hybridized carbons (Fsp3) is 0.273. The highest BCUT2D eigenvalue weighted by molar-refractivity contribution is 5.80. The zero-order chi connectivity index (χ0) is 14.4. The first kappa shape index (κ1) is 14.6. The number of nitrogens with one attached hydrogen (secondary N) is 1. The molecule has 1 rings (SSSR count). The number of rotatable bonds is 7. The van der Waals surface area contributed by atoms with Gasteiger partial charge in [0.05, 0.1) is 11.3 Å². The third-order valence-corrected chi connectivity index (χ3v) is 2.40. The van der Waals surface area contributed by atoms with Crippen molar-refractivity contribution in [1.82, 2.24) is 5.32 Å². The topological polar surface area (TPSA) is 130 Å². The Morgan fingerprint density at radius 2 is 1.95 bits per heavy atom. The molecule has 1 unspecified atom stereocenters. The number of hydrogen-bond acceptors (Lipinski definition) is 5. The fourth-order valence-corrected chi connectivity index (χ4v) is 1.49. The molecule has 0 saturated heterocycles. The number of nitro groups is 1. The highest BCUT2D eigenvalue weighted by Crippen LogP contribution is 2.17. The lowest BCUT2D eigenvalue weighted by molar-refractivity contribution is -0.385. The monoisotopic (exact) mass is 268 g/mol. The van der Waals surface area contributed by atoms with Gasteiger partial charge < -0.3 is 10.2 Å². The number of carbonyl (C=O) groups is 2. The van der Waals surface area contributed by atoms with Crippen LogP contribution in [0.1, 0.15) is 12.0 Å². The Kier molecular flexibility index (Phi) is 4.95. The number of carboxylic acid groups (broad SMARTS) is 2. The lowest BCUT2D eigenvalue weighted by Crippen LogP contribution is -2.38. The molecule has 0 heterocycles. The summed E-state index contributed by atoms with van der Waals surface area (Å²) in [6.07, 6.45) is -0.601. The molecule has 1 atom stereocenters. The van der Waals surface area contributed by atoms with Crippen molar-refractivity contribution in [2.24, 2.45) is 0 Å². The van der Waals surface area contributed by atoms with Gasteiger partial charge in [0.15, 0.2) is 0 Å². The Labute approximate surface area is 107 Å². The fourth-order valence-electron chi connectivity index (χ4n) is 1.49. The van der Waals surface area contributed by atoms with Gasteiger partial charge in [-0.2, -0.15) is 0 Å². The van der Waals surface area contributed by atoms with Crippen LogP contribution in [0.25, 0.3) is 0 Å². The molecule has 8 heteroatoms. The maximum Gasteiger partial charge on any atom is 0.321 e. The summed E-state index contributed by atoms with van der Waals surface area (Å²) in [4.78, 5) is 31.5. The van der Waals surface area contributed by atoms with E-state index in [1.807, 2.05) is 0 Å². The number of nitrogens with zero attached hydrogens (tertiary/aromatic N) is 1. The highest BCUT2D eigenvalue weighted by atomic mass is 16.6. The van der Waals surface area contributed by atoms with E-state index in [9.17, 15) is 19.7 Å². The van der Waals surface area contributed by atoms with Crippen molar-refractivity contribution in [3.63, 3.8) is 0 Å². The summed E-state index contributed by atoms with van der Waals surface area (Å²) in [7, 11) is 0. The molecule has 0 bridgehead atoms. The molecule has 1 aromatic rings. The van der Waals surface area contributed by atoms with E-state index < -0.39 is 29.3 Å². The predicted molar refractivity (Wildman–Crippen MR) is 63.6 cm³/mol. The van der Waals surface area contributed by atoms with E-state index in [1.165, 1.54) is 18.2 Å². The van der Waals surface area contributed by atoms with E-state index in [-0.39, 0.29) is 12.2 Å². The van der Waals surface area contributed by atoms with E-state index in [4.69, 9.17) is 10.2 Å². The molecule has 0 aliphatic heterocycles. The van der Waals surface area contributed by atoms with E-state index in [1.54, 1.807) is 6.07 Å². The standard InChI is InChI=1S/C11H12N2O6/c14-10(15)5-8(11(16)17)12-6-7-3-1-2-4-9(7)13(18)19/h1-4,8,12H,5-6H2,(H,14,15)(H,16,17). The average molecular weight is 268 g/mol. The molecule has 0 aliphatic carbocycles. The summed E-state index contributed by atoms with van der Waals surface area (Å²) in [5.74, 6) is -2.58. The van der Waals surface area contributed by atoms with Gasteiger partial charge in [-0.3, -0.25) is 25.0 Å². The van der Waals surface area contributed by atoms with E-state index in [0.29, 0.717) is 5.56 Å². The van der Waals surface area contributed by atoms with Crippen LogP contribution in [0.2, 0.25) is 0 Å². The van der Waals surface area contributed by atoms with Gasteiger partial charge in [0.1, 0.15) is 6.04 Å². The smallest absolute Gasteiger partial charge is 0.321 e. The van der Waals surface area contributed by atoms with E-state index in [2.05, 4.69) is 5.32 Å². The van der Waals surface area contributed by atoms with Crippen molar-refractivity contribution in [3.8, 4) is 0 Å². The van der Waals surface area contributed by atoms with Crippen LogP contribution >= 0.6 is 0 Å². The second-order valence-electron chi connectivity index (χ2n) is 3.76. The summed E-state index contributed by atoms with van der Waals surface area (Å²) < 4.78 is 0. The maximum absolute atomic E-state index is 10.8. The van der Waals surface area contributed by atoms with Crippen LogP contribution in [0.5, 0.6) is 0 Å². The molecule has 0 amide bonds. The summed E-state index contributed by atoms with van der Waals surface area (Å²) in [5, 5.41) is 30.6. The number of hydrogen-bond donors (Lipinski definition) is 3. The van der Waals surface area contributed by atoms with Gasteiger partial charge in [0.2, 0.25) is 0 Å². The van der Waals surface area contributed by atoms with Crippen LogP contribution in [0.3, 0.4) is 0 Å². The van der Waals surface area contributed by atoms with Gasteiger partial charge in [-0.1, -0.05) is 18.2 Å². The summed E-state index contributed by atoms with van der Waals surface area (Å²) in [6, 6.07) is 4.55. The minimum atomic E-state index is -1.32. The van der Waals surface area contributed by atoms with Crippen molar-refractivity contribution >= 4 is 17.6 Å².